The number of aryl methyl sites for hydroxylation is 2. The largest absolute Gasteiger partial charge is 0.387 e. The molecule has 7 heteroatoms. The highest BCUT2D eigenvalue weighted by atomic mass is 35.5. The van der Waals surface area contributed by atoms with E-state index >= 15 is 0 Å². The summed E-state index contributed by atoms with van der Waals surface area (Å²) in [7, 11) is 4.04. The Hall–Kier alpha value is -0.330. The zero-order valence-corrected chi connectivity index (χ0v) is 14.5. The molecule has 0 spiro atoms. The van der Waals surface area contributed by atoms with Crippen LogP contribution in [0, 0.1) is 0 Å². The molecule has 1 aliphatic heterocycles. The molecular weight excluding hydrogens is 311 g/mol. The van der Waals surface area contributed by atoms with Gasteiger partial charge in [0.05, 0.1) is 11.8 Å². The molecule has 1 unspecified atom stereocenters. The second kappa shape index (κ2) is 9.64. The highest BCUT2D eigenvalue weighted by Crippen LogP contribution is 2.17. The molecule has 1 saturated heterocycles. The van der Waals surface area contributed by atoms with Gasteiger partial charge >= 0.3 is 0 Å². The van der Waals surface area contributed by atoms with Crippen LogP contribution >= 0.6 is 24.8 Å². The number of nitrogens with zero attached hydrogens (tertiary/aromatic N) is 3. The molecule has 1 atom stereocenters. The number of rotatable bonds is 6. The summed E-state index contributed by atoms with van der Waals surface area (Å²) >= 11 is 0. The fourth-order valence-corrected chi connectivity index (χ4v) is 2.82. The third kappa shape index (κ3) is 6.98. The van der Waals surface area contributed by atoms with Crippen molar-refractivity contribution in [2.75, 3.05) is 33.2 Å². The third-order valence-electron chi connectivity index (χ3n) is 3.78. The minimum Gasteiger partial charge on any atom is -0.387 e. The van der Waals surface area contributed by atoms with Crippen LogP contribution in [0.25, 0.3) is 0 Å². The Labute approximate surface area is 139 Å². The number of nitrogens with one attached hydrogen (secondary N) is 1. The Morgan fingerprint density at radius 1 is 1.48 bits per heavy atom. The smallest absolute Gasteiger partial charge is 0.0897 e. The van der Waals surface area contributed by atoms with Gasteiger partial charge < -0.3 is 15.3 Å². The number of piperidine rings is 1. The first-order valence-corrected chi connectivity index (χ1v) is 7.17. The summed E-state index contributed by atoms with van der Waals surface area (Å²) in [6.07, 6.45) is 8.13. The quantitative estimate of drug-likeness (QED) is 0.819. The van der Waals surface area contributed by atoms with E-state index in [1.165, 1.54) is 5.56 Å². The van der Waals surface area contributed by atoms with Crippen molar-refractivity contribution in [2.45, 2.75) is 31.3 Å². The van der Waals surface area contributed by atoms with Gasteiger partial charge in [-0.1, -0.05) is 0 Å². The van der Waals surface area contributed by atoms with Crippen molar-refractivity contribution in [1.82, 2.24) is 20.0 Å². The number of likely N-dealkylation sites (N-methyl/N-ethyl adjacent to an activating group) is 1. The van der Waals surface area contributed by atoms with Gasteiger partial charge in [-0.25, -0.2) is 0 Å². The maximum absolute atomic E-state index is 10.4. The number of aromatic nitrogens is 2. The number of halogens is 2. The number of aliphatic hydroxyl groups is 1. The molecular formula is C14H28Cl2N4O. The molecule has 5 nitrogen and oxygen atoms in total. The lowest BCUT2D eigenvalue weighted by Gasteiger charge is -2.36. The van der Waals surface area contributed by atoms with Gasteiger partial charge in [0, 0.05) is 26.3 Å². The molecule has 0 aliphatic carbocycles. The van der Waals surface area contributed by atoms with E-state index < -0.39 is 5.60 Å². The van der Waals surface area contributed by atoms with E-state index in [1.54, 1.807) is 0 Å². The monoisotopic (exact) mass is 338 g/mol. The minimum atomic E-state index is -0.540. The second-order valence-corrected chi connectivity index (χ2v) is 5.87. The van der Waals surface area contributed by atoms with Gasteiger partial charge in [-0.05, 0) is 51.4 Å². The van der Waals surface area contributed by atoms with Crippen LogP contribution in [0.5, 0.6) is 0 Å². The lowest BCUT2D eigenvalue weighted by atomic mass is 9.93. The maximum Gasteiger partial charge on any atom is 0.0897 e. The van der Waals surface area contributed by atoms with Gasteiger partial charge in [0.15, 0.2) is 0 Å². The van der Waals surface area contributed by atoms with Crippen LogP contribution in [-0.2, 0) is 13.5 Å². The van der Waals surface area contributed by atoms with Crippen LogP contribution < -0.4 is 5.32 Å². The topological polar surface area (TPSA) is 53.3 Å². The van der Waals surface area contributed by atoms with Gasteiger partial charge in [-0.3, -0.25) is 4.68 Å². The summed E-state index contributed by atoms with van der Waals surface area (Å²) < 4.78 is 1.84. The van der Waals surface area contributed by atoms with E-state index in [0.29, 0.717) is 0 Å². The van der Waals surface area contributed by atoms with Gasteiger partial charge in [-0.2, -0.15) is 5.10 Å². The number of β-amino-alcohol motifs (C(OH)–C–C–N with tert-alkyl or cyclic N) is 1. The van der Waals surface area contributed by atoms with Crippen LogP contribution in [0.2, 0.25) is 0 Å². The molecule has 0 aromatic carbocycles. The molecule has 2 N–H and O–H groups in total. The molecule has 2 heterocycles. The summed E-state index contributed by atoms with van der Waals surface area (Å²) in [5.74, 6) is 0. The average Bonchev–Trinajstić information content (AvgIpc) is 2.75. The van der Waals surface area contributed by atoms with E-state index in [1.807, 2.05) is 17.9 Å². The molecule has 124 valence electrons. The summed E-state index contributed by atoms with van der Waals surface area (Å²) in [4.78, 5) is 2.24. The second-order valence-electron chi connectivity index (χ2n) is 5.87. The fraction of sp³-hybridized carbons (Fsp3) is 0.786. The number of hydrogen-bond acceptors (Lipinski definition) is 4. The van der Waals surface area contributed by atoms with E-state index in [2.05, 4.69) is 28.6 Å². The SMILES string of the molecule is CN(CCCc1cnn(C)c1)CC1(O)CCCNC1.Cl.Cl. The molecule has 0 amide bonds. The molecule has 2 rings (SSSR count). The number of hydrogen-bond donors (Lipinski definition) is 2. The Morgan fingerprint density at radius 3 is 2.81 bits per heavy atom. The molecule has 0 radical (unpaired) electrons. The lowest BCUT2D eigenvalue weighted by Crippen LogP contribution is -2.52. The molecule has 1 fully saturated rings. The van der Waals surface area contributed by atoms with Gasteiger partial charge in [0.25, 0.3) is 0 Å². The highest BCUT2D eigenvalue weighted by Gasteiger charge is 2.30. The van der Waals surface area contributed by atoms with E-state index in [9.17, 15) is 5.11 Å². The molecule has 1 aromatic rings. The maximum atomic E-state index is 10.4. The van der Waals surface area contributed by atoms with E-state index in [4.69, 9.17) is 0 Å². The van der Waals surface area contributed by atoms with Gasteiger partial charge in [0.1, 0.15) is 0 Å². The van der Waals surface area contributed by atoms with E-state index in [0.717, 1.165) is 51.9 Å². The van der Waals surface area contributed by atoms with Crippen molar-refractivity contribution >= 4 is 24.8 Å². The molecule has 0 bridgehead atoms. The Bertz CT molecular complexity index is 394. The van der Waals surface area contributed by atoms with Crippen LogP contribution in [0.15, 0.2) is 12.4 Å². The third-order valence-corrected chi connectivity index (χ3v) is 3.78. The fourth-order valence-electron chi connectivity index (χ4n) is 2.82. The van der Waals surface area contributed by atoms with Crippen LogP contribution in [-0.4, -0.2) is 58.6 Å². The minimum absolute atomic E-state index is 0. The van der Waals surface area contributed by atoms with Crippen LogP contribution in [0.3, 0.4) is 0 Å². The van der Waals surface area contributed by atoms with Crippen molar-refractivity contribution in [3.63, 3.8) is 0 Å². The van der Waals surface area contributed by atoms with Crippen molar-refractivity contribution in [3.05, 3.63) is 18.0 Å². The first kappa shape index (κ1) is 20.7. The van der Waals surface area contributed by atoms with Gasteiger partial charge in [-0.15, -0.1) is 24.8 Å². The molecule has 21 heavy (non-hydrogen) atoms. The highest BCUT2D eigenvalue weighted by molar-refractivity contribution is 5.85. The van der Waals surface area contributed by atoms with Crippen molar-refractivity contribution in [3.8, 4) is 0 Å². The molecule has 1 aromatic heterocycles. The summed E-state index contributed by atoms with van der Waals surface area (Å²) in [6, 6.07) is 0. The zero-order valence-electron chi connectivity index (χ0n) is 12.9. The predicted octanol–water partition coefficient (Wildman–Crippen LogP) is 1.24. The average molecular weight is 339 g/mol. The Balaban J connectivity index is 0.00000200. The summed E-state index contributed by atoms with van der Waals surface area (Å²) in [6.45, 7) is 3.53. The molecule has 0 saturated carbocycles. The first-order chi connectivity index (χ1) is 9.07. The normalized spacial score (nSPS) is 21.7. The van der Waals surface area contributed by atoms with Crippen molar-refractivity contribution < 1.29 is 5.11 Å². The molecule has 1 aliphatic rings. The standard InChI is InChI=1S/C14H26N4O.2ClH/c1-17(12-14(19)6-4-7-15-11-14)8-3-5-13-9-16-18(2)10-13;;/h9-10,15,19H,3-8,11-12H2,1-2H3;2*1H. The summed E-state index contributed by atoms with van der Waals surface area (Å²) in [5, 5.41) is 17.9. The van der Waals surface area contributed by atoms with Crippen molar-refractivity contribution in [2.24, 2.45) is 7.05 Å². The Kier molecular flexibility index (Phi) is 9.49. The van der Waals surface area contributed by atoms with Crippen LogP contribution in [0.1, 0.15) is 24.8 Å². The van der Waals surface area contributed by atoms with Crippen molar-refractivity contribution in [1.29, 1.82) is 0 Å². The lowest BCUT2D eigenvalue weighted by molar-refractivity contribution is -0.00972. The Morgan fingerprint density at radius 2 is 2.24 bits per heavy atom. The first-order valence-electron chi connectivity index (χ1n) is 7.17. The summed E-state index contributed by atoms with van der Waals surface area (Å²) in [5.41, 5.74) is 0.746. The zero-order chi connectivity index (χ0) is 13.7. The predicted molar refractivity (Wildman–Crippen MR) is 90.6 cm³/mol. The van der Waals surface area contributed by atoms with Crippen LogP contribution in [0.4, 0.5) is 0 Å². The van der Waals surface area contributed by atoms with Gasteiger partial charge in [0.2, 0.25) is 0 Å². The van der Waals surface area contributed by atoms with E-state index in [-0.39, 0.29) is 24.8 Å².